The number of halogens is 1. The first-order valence-corrected chi connectivity index (χ1v) is 6.93. The summed E-state index contributed by atoms with van der Waals surface area (Å²) >= 11 is 0. The molecule has 2 aromatic rings. The van der Waals surface area contributed by atoms with Gasteiger partial charge in [0.1, 0.15) is 18.7 Å². The summed E-state index contributed by atoms with van der Waals surface area (Å²) in [4.78, 5) is 14.3. The quantitative estimate of drug-likeness (QED) is 0.838. The van der Waals surface area contributed by atoms with Gasteiger partial charge < -0.3 is 4.90 Å². The minimum Gasteiger partial charge on any atom is -0.331 e. The normalized spacial score (nSPS) is 15.7. The first-order valence-electron chi connectivity index (χ1n) is 6.93. The highest BCUT2D eigenvalue weighted by atomic mass is 19.1. The van der Waals surface area contributed by atoms with Gasteiger partial charge >= 0.3 is 0 Å². The molecule has 1 aliphatic carbocycles. The molecule has 110 valence electrons. The van der Waals surface area contributed by atoms with Crippen LogP contribution in [0.2, 0.25) is 0 Å². The van der Waals surface area contributed by atoms with Crippen molar-refractivity contribution in [3.63, 3.8) is 0 Å². The van der Waals surface area contributed by atoms with E-state index in [9.17, 15) is 9.18 Å². The molecule has 1 unspecified atom stereocenters. The van der Waals surface area contributed by atoms with Gasteiger partial charge in [0.05, 0.1) is 6.04 Å². The van der Waals surface area contributed by atoms with Gasteiger partial charge in [0.2, 0.25) is 5.91 Å². The molecule has 0 saturated heterocycles. The Morgan fingerprint density at radius 2 is 2.24 bits per heavy atom. The number of aromatic nitrogens is 4. The van der Waals surface area contributed by atoms with Crippen molar-refractivity contribution in [2.75, 3.05) is 0 Å². The Morgan fingerprint density at radius 3 is 2.86 bits per heavy atom. The Balaban J connectivity index is 1.81. The molecular weight excluding hydrogens is 273 g/mol. The SMILES string of the molecule is CC(c1ccccc1F)N(C(=O)Cn1cnnn1)C1CC1. The third-order valence-corrected chi connectivity index (χ3v) is 3.69. The molecule has 1 aromatic carbocycles. The largest absolute Gasteiger partial charge is 0.331 e. The molecule has 7 heteroatoms. The van der Waals surface area contributed by atoms with Crippen molar-refractivity contribution < 1.29 is 9.18 Å². The van der Waals surface area contributed by atoms with E-state index >= 15 is 0 Å². The Morgan fingerprint density at radius 1 is 1.48 bits per heavy atom. The van der Waals surface area contributed by atoms with Crippen molar-refractivity contribution in [3.8, 4) is 0 Å². The number of carbonyl (C=O) groups is 1. The average molecular weight is 289 g/mol. The van der Waals surface area contributed by atoms with Crippen molar-refractivity contribution in [1.82, 2.24) is 25.1 Å². The lowest BCUT2D eigenvalue weighted by Crippen LogP contribution is -2.38. The highest BCUT2D eigenvalue weighted by Gasteiger charge is 2.36. The molecule has 1 amide bonds. The van der Waals surface area contributed by atoms with Gasteiger partial charge in [-0.1, -0.05) is 18.2 Å². The van der Waals surface area contributed by atoms with Gasteiger partial charge in [0.15, 0.2) is 0 Å². The van der Waals surface area contributed by atoms with Crippen LogP contribution < -0.4 is 0 Å². The van der Waals surface area contributed by atoms with Crippen molar-refractivity contribution in [2.24, 2.45) is 0 Å². The summed E-state index contributed by atoms with van der Waals surface area (Å²) in [5.41, 5.74) is 0.537. The third kappa shape index (κ3) is 2.91. The standard InChI is InChI=1S/C14H16FN5O/c1-10(12-4-2-3-5-13(12)15)20(11-6-7-11)14(21)8-19-9-16-17-18-19/h2-5,9-11H,6-8H2,1H3. The Bertz CT molecular complexity index is 626. The minimum atomic E-state index is -0.303. The van der Waals surface area contributed by atoms with E-state index in [0.29, 0.717) is 5.56 Å². The summed E-state index contributed by atoms with van der Waals surface area (Å²) in [6.45, 7) is 1.93. The lowest BCUT2D eigenvalue weighted by molar-refractivity contribution is -0.135. The highest BCUT2D eigenvalue weighted by Crippen LogP contribution is 2.35. The van der Waals surface area contributed by atoms with E-state index < -0.39 is 0 Å². The number of amides is 1. The number of hydrogen-bond donors (Lipinski definition) is 0. The molecule has 0 N–H and O–H groups in total. The first kappa shape index (κ1) is 13.7. The second-order valence-electron chi connectivity index (χ2n) is 5.24. The Labute approximate surface area is 121 Å². The van der Waals surface area contributed by atoms with E-state index in [1.54, 1.807) is 23.1 Å². The number of tetrazole rings is 1. The van der Waals surface area contributed by atoms with Crippen LogP contribution in [0.25, 0.3) is 0 Å². The number of benzene rings is 1. The van der Waals surface area contributed by atoms with Crippen molar-refractivity contribution in [1.29, 1.82) is 0 Å². The van der Waals surface area contributed by atoms with Gasteiger partial charge in [-0.15, -0.1) is 5.10 Å². The maximum absolute atomic E-state index is 13.9. The smallest absolute Gasteiger partial charge is 0.245 e. The van der Waals surface area contributed by atoms with Crippen molar-refractivity contribution in [2.45, 2.75) is 38.4 Å². The molecule has 0 radical (unpaired) electrons. The van der Waals surface area contributed by atoms with Crippen LogP contribution in [0.15, 0.2) is 30.6 Å². The van der Waals surface area contributed by atoms with Gasteiger partial charge in [-0.05, 0) is 36.3 Å². The summed E-state index contributed by atoms with van der Waals surface area (Å²) in [6.07, 6.45) is 3.32. The summed E-state index contributed by atoms with van der Waals surface area (Å²) < 4.78 is 15.3. The van der Waals surface area contributed by atoms with Crippen LogP contribution in [0.4, 0.5) is 4.39 Å². The number of hydrogen-bond acceptors (Lipinski definition) is 4. The van der Waals surface area contributed by atoms with E-state index in [2.05, 4.69) is 15.5 Å². The summed E-state index contributed by atoms with van der Waals surface area (Å²) in [7, 11) is 0. The number of rotatable bonds is 5. The zero-order valence-corrected chi connectivity index (χ0v) is 11.7. The molecule has 1 fully saturated rings. The summed E-state index contributed by atoms with van der Waals surface area (Å²) in [6, 6.07) is 6.45. The van der Waals surface area contributed by atoms with E-state index in [-0.39, 0.29) is 30.4 Å². The topological polar surface area (TPSA) is 63.9 Å². The molecule has 21 heavy (non-hydrogen) atoms. The van der Waals surface area contributed by atoms with Gasteiger partial charge in [0.25, 0.3) is 0 Å². The molecule has 0 bridgehead atoms. The fourth-order valence-corrected chi connectivity index (χ4v) is 2.53. The molecule has 1 aliphatic rings. The zero-order valence-electron chi connectivity index (χ0n) is 11.7. The van der Waals surface area contributed by atoms with Crippen LogP contribution in [0.5, 0.6) is 0 Å². The minimum absolute atomic E-state index is 0.0717. The first-order chi connectivity index (χ1) is 10.2. The average Bonchev–Trinajstić information content (AvgIpc) is 3.16. The van der Waals surface area contributed by atoms with E-state index in [4.69, 9.17) is 0 Å². The molecule has 1 saturated carbocycles. The van der Waals surface area contributed by atoms with Crippen molar-refractivity contribution in [3.05, 3.63) is 42.0 Å². The van der Waals surface area contributed by atoms with Crippen LogP contribution >= 0.6 is 0 Å². The van der Waals surface area contributed by atoms with Gasteiger partial charge in [-0.3, -0.25) is 4.79 Å². The molecule has 6 nitrogen and oxygen atoms in total. The van der Waals surface area contributed by atoms with E-state index in [1.165, 1.54) is 17.1 Å². The summed E-state index contributed by atoms with van der Waals surface area (Å²) in [5.74, 6) is -0.383. The van der Waals surface area contributed by atoms with E-state index in [1.807, 2.05) is 6.92 Å². The molecular formula is C14H16FN5O. The van der Waals surface area contributed by atoms with Crippen LogP contribution in [-0.4, -0.2) is 37.1 Å². The van der Waals surface area contributed by atoms with Gasteiger partial charge in [-0.2, -0.15) is 0 Å². The maximum atomic E-state index is 13.9. The highest BCUT2D eigenvalue weighted by molar-refractivity contribution is 5.77. The Kier molecular flexibility index (Phi) is 3.64. The lowest BCUT2D eigenvalue weighted by Gasteiger charge is -2.30. The van der Waals surface area contributed by atoms with Crippen LogP contribution in [0.3, 0.4) is 0 Å². The fourth-order valence-electron chi connectivity index (χ4n) is 2.53. The van der Waals surface area contributed by atoms with Gasteiger partial charge in [0, 0.05) is 11.6 Å². The fraction of sp³-hybridized carbons (Fsp3) is 0.429. The molecule has 3 rings (SSSR count). The van der Waals surface area contributed by atoms with Crippen LogP contribution in [-0.2, 0) is 11.3 Å². The van der Waals surface area contributed by atoms with Crippen LogP contribution in [0, 0.1) is 5.82 Å². The lowest BCUT2D eigenvalue weighted by atomic mass is 10.1. The summed E-state index contributed by atoms with van der Waals surface area (Å²) in [5, 5.41) is 10.7. The van der Waals surface area contributed by atoms with Gasteiger partial charge in [-0.25, -0.2) is 9.07 Å². The van der Waals surface area contributed by atoms with Crippen LogP contribution in [0.1, 0.15) is 31.4 Å². The molecule has 1 atom stereocenters. The third-order valence-electron chi connectivity index (χ3n) is 3.69. The number of nitrogens with zero attached hydrogens (tertiary/aromatic N) is 5. The Hall–Kier alpha value is -2.31. The second kappa shape index (κ2) is 5.59. The monoisotopic (exact) mass is 289 g/mol. The maximum Gasteiger partial charge on any atom is 0.245 e. The molecule has 0 aliphatic heterocycles. The number of carbonyl (C=O) groups excluding carboxylic acids is 1. The predicted molar refractivity (Wildman–Crippen MR) is 72.5 cm³/mol. The van der Waals surface area contributed by atoms with E-state index in [0.717, 1.165) is 12.8 Å². The predicted octanol–water partition coefficient (Wildman–Crippen LogP) is 1.56. The molecule has 0 spiro atoms. The van der Waals surface area contributed by atoms with Crippen molar-refractivity contribution >= 4 is 5.91 Å². The molecule has 1 heterocycles. The zero-order chi connectivity index (χ0) is 14.8. The molecule has 1 aromatic heterocycles. The second-order valence-corrected chi connectivity index (χ2v) is 5.24.